The number of nitrogens with zero attached hydrogens (tertiary/aromatic N) is 4. The van der Waals surface area contributed by atoms with Crippen molar-refractivity contribution in [1.82, 2.24) is 19.7 Å². The molecule has 0 aliphatic carbocycles. The summed E-state index contributed by atoms with van der Waals surface area (Å²) in [5.74, 6) is -0.264. The lowest BCUT2D eigenvalue weighted by Crippen LogP contribution is -2.44. The number of rotatable bonds is 5. The molecule has 3 heterocycles. The molecular formula is C17H20F2N4O. The summed E-state index contributed by atoms with van der Waals surface area (Å²) in [6, 6.07) is 7.26. The third-order valence-electron chi connectivity index (χ3n) is 4.38. The number of hydrogen-bond donors (Lipinski definition) is 0. The van der Waals surface area contributed by atoms with Gasteiger partial charge in [0.2, 0.25) is 0 Å². The Kier molecular flexibility index (Phi) is 5.17. The smallest absolute Gasteiger partial charge is 0.333 e. The molecule has 0 saturated carbocycles. The number of carbonyl (C=O) groups is 1. The molecule has 24 heavy (non-hydrogen) atoms. The van der Waals surface area contributed by atoms with E-state index in [2.05, 4.69) is 10.1 Å². The normalized spacial score (nSPS) is 18.1. The maximum absolute atomic E-state index is 12.6. The Labute approximate surface area is 139 Å². The van der Waals surface area contributed by atoms with Crippen molar-refractivity contribution >= 4 is 5.91 Å². The van der Waals surface area contributed by atoms with E-state index in [1.54, 1.807) is 11.1 Å². The van der Waals surface area contributed by atoms with Crippen LogP contribution in [0.25, 0.3) is 0 Å². The van der Waals surface area contributed by atoms with E-state index >= 15 is 0 Å². The monoisotopic (exact) mass is 334 g/mol. The molecule has 2 aromatic rings. The molecule has 1 aliphatic heterocycles. The van der Waals surface area contributed by atoms with Crippen molar-refractivity contribution in [2.45, 2.75) is 44.7 Å². The van der Waals surface area contributed by atoms with Gasteiger partial charge in [-0.1, -0.05) is 6.07 Å². The number of aromatic nitrogens is 3. The lowest BCUT2D eigenvalue weighted by Gasteiger charge is -2.35. The van der Waals surface area contributed by atoms with Crippen LogP contribution in [0.4, 0.5) is 8.78 Å². The first-order valence-corrected chi connectivity index (χ1v) is 8.19. The predicted octanol–water partition coefficient (Wildman–Crippen LogP) is 3.30. The van der Waals surface area contributed by atoms with E-state index < -0.39 is 6.55 Å². The van der Waals surface area contributed by atoms with Gasteiger partial charge in [0.25, 0.3) is 5.91 Å². The molecule has 0 aromatic carbocycles. The summed E-state index contributed by atoms with van der Waals surface area (Å²) in [4.78, 5) is 18.7. The number of halogens is 2. The zero-order chi connectivity index (χ0) is 16.9. The van der Waals surface area contributed by atoms with Gasteiger partial charge in [-0.2, -0.15) is 13.9 Å². The van der Waals surface area contributed by atoms with E-state index in [1.165, 1.54) is 6.07 Å². The van der Waals surface area contributed by atoms with Crippen LogP contribution in [0.1, 0.15) is 48.4 Å². The maximum atomic E-state index is 12.6. The SMILES string of the molecule is O=C(c1ccn(C(F)F)n1)N1CCCCC1CCc1ccccn1. The van der Waals surface area contributed by atoms with Crippen molar-refractivity contribution in [3.63, 3.8) is 0 Å². The second-order valence-electron chi connectivity index (χ2n) is 5.97. The standard InChI is InChI=1S/C17H20F2N4O/c18-17(19)23-12-9-15(21-23)16(24)22-11-4-2-6-14(22)8-7-13-5-1-3-10-20-13/h1,3,5,9-10,12,14,17H,2,4,6-8,11H2. The van der Waals surface area contributed by atoms with Crippen LogP contribution in [0.2, 0.25) is 0 Å². The molecule has 7 heteroatoms. The molecule has 1 unspecified atom stereocenters. The summed E-state index contributed by atoms with van der Waals surface area (Å²) in [6.07, 6.45) is 7.44. The lowest BCUT2D eigenvalue weighted by atomic mass is 9.96. The molecule has 1 aliphatic rings. The van der Waals surface area contributed by atoms with Gasteiger partial charge in [-0.15, -0.1) is 0 Å². The molecule has 0 N–H and O–H groups in total. The maximum Gasteiger partial charge on any atom is 0.333 e. The first-order chi connectivity index (χ1) is 11.6. The molecule has 2 aromatic heterocycles. The molecule has 1 saturated heterocycles. The minimum absolute atomic E-state index is 0.0834. The Hall–Kier alpha value is -2.31. The number of aryl methyl sites for hydroxylation is 1. The number of amides is 1. The minimum Gasteiger partial charge on any atom is -0.334 e. The van der Waals surface area contributed by atoms with Crippen molar-refractivity contribution in [3.8, 4) is 0 Å². The lowest BCUT2D eigenvalue weighted by molar-refractivity contribution is 0.0524. The van der Waals surface area contributed by atoms with Gasteiger partial charge >= 0.3 is 6.55 Å². The van der Waals surface area contributed by atoms with Crippen LogP contribution in [0.15, 0.2) is 36.7 Å². The van der Waals surface area contributed by atoms with Crippen LogP contribution in [-0.4, -0.2) is 38.2 Å². The predicted molar refractivity (Wildman–Crippen MR) is 84.7 cm³/mol. The van der Waals surface area contributed by atoms with Crippen molar-refractivity contribution in [2.75, 3.05) is 6.54 Å². The summed E-state index contributed by atoms with van der Waals surface area (Å²) >= 11 is 0. The highest BCUT2D eigenvalue weighted by Gasteiger charge is 2.29. The summed E-state index contributed by atoms with van der Waals surface area (Å²) in [5.41, 5.74) is 1.08. The first kappa shape index (κ1) is 16.5. The van der Waals surface area contributed by atoms with Crippen LogP contribution in [0, 0.1) is 0 Å². The fourth-order valence-electron chi connectivity index (χ4n) is 3.14. The molecular weight excluding hydrogens is 314 g/mol. The quantitative estimate of drug-likeness (QED) is 0.843. The number of likely N-dealkylation sites (tertiary alicyclic amines) is 1. The summed E-state index contributed by atoms with van der Waals surface area (Å²) in [6.45, 7) is -2.08. The zero-order valence-corrected chi connectivity index (χ0v) is 13.3. The van der Waals surface area contributed by atoms with Gasteiger partial charge in [-0.05, 0) is 50.3 Å². The fraction of sp³-hybridized carbons (Fsp3) is 0.471. The number of hydrogen-bond acceptors (Lipinski definition) is 3. The van der Waals surface area contributed by atoms with Gasteiger partial charge in [0, 0.05) is 30.7 Å². The molecule has 5 nitrogen and oxygen atoms in total. The first-order valence-electron chi connectivity index (χ1n) is 8.19. The molecule has 0 radical (unpaired) electrons. The van der Waals surface area contributed by atoms with E-state index in [4.69, 9.17) is 0 Å². The molecule has 3 rings (SSSR count). The van der Waals surface area contributed by atoms with Crippen LogP contribution >= 0.6 is 0 Å². The molecule has 0 bridgehead atoms. The van der Waals surface area contributed by atoms with Crippen molar-refractivity contribution < 1.29 is 13.6 Å². The highest BCUT2D eigenvalue weighted by molar-refractivity contribution is 5.92. The van der Waals surface area contributed by atoms with E-state index in [0.29, 0.717) is 11.2 Å². The third kappa shape index (κ3) is 3.77. The zero-order valence-electron chi connectivity index (χ0n) is 13.3. The van der Waals surface area contributed by atoms with Crippen LogP contribution in [-0.2, 0) is 6.42 Å². The minimum atomic E-state index is -2.73. The summed E-state index contributed by atoms with van der Waals surface area (Å²) < 4.78 is 25.8. The molecule has 128 valence electrons. The van der Waals surface area contributed by atoms with E-state index in [9.17, 15) is 13.6 Å². The van der Waals surface area contributed by atoms with Gasteiger partial charge < -0.3 is 4.90 Å². The highest BCUT2D eigenvalue weighted by atomic mass is 19.3. The Morgan fingerprint density at radius 1 is 1.29 bits per heavy atom. The second-order valence-corrected chi connectivity index (χ2v) is 5.97. The number of alkyl halides is 2. The van der Waals surface area contributed by atoms with Crippen LogP contribution < -0.4 is 0 Å². The molecule has 0 spiro atoms. The van der Waals surface area contributed by atoms with Gasteiger partial charge in [0.05, 0.1) is 0 Å². The second kappa shape index (κ2) is 7.51. The topological polar surface area (TPSA) is 51.0 Å². The Bertz CT molecular complexity index is 674. The van der Waals surface area contributed by atoms with Gasteiger partial charge in [0.15, 0.2) is 5.69 Å². The van der Waals surface area contributed by atoms with Gasteiger partial charge in [-0.3, -0.25) is 9.78 Å². The Balaban J connectivity index is 1.67. The summed E-state index contributed by atoms with van der Waals surface area (Å²) in [5, 5.41) is 3.70. The highest BCUT2D eigenvalue weighted by Crippen LogP contribution is 2.23. The van der Waals surface area contributed by atoms with Crippen LogP contribution in [0.5, 0.6) is 0 Å². The Morgan fingerprint density at radius 3 is 2.88 bits per heavy atom. The largest absolute Gasteiger partial charge is 0.334 e. The summed E-state index contributed by atoms with van der Waals surface area (Å²) in [7, 11) is 0. The van der Waals surface area contributed by atoms with Gasteiger partial charge in [-0.25, -0.2) is 4.68 Å². The Morgan fingerprint density at radius 2 is 2.17 bits per heavy atom. The van der Waals surface area contributed by atoms with E-state index in [-0.39, 0.29) is 17.6 Å². The third-order valence-corrected chi connectivity index (χ3v) is 4.38. The average Bonchev–Trinajstić information content (AvgIpc) is 3.11. The van der Waals surface area contributed by atoms with E-state index in [1.807, 2.05) is 18.2 Å². The fourth-order valence-corrected chi connectivity index (χ4v) is 3.14. The van der Waals surface area contributed by atoms with Crippen molar-refractivity contribution in [3.05, 3.63) is 48.0 Å². The van der Waals surface area contributed by atoms with Crippen molar-refractivity contribution in [1.29, 1.82) is 0 Å². The molecule has 1 fully saturated rings. The van der Waals surface area contributed by atoms with Crippen LogP contribution in [0.3, 0.4) is 0 Å². The molecule has 1 amide bonds. The van der Waals surface area contributed by atoms with Gasteiger partial charge in [0.1, 0.15) is 0 Å². The number of piperidine rings is 1. The van der Waals surface area contributed by atoms with E-state index in [0.717, 1.165) is 44.0 Å². The average molecular weight is 334 g/mol. The van der Waals surface area contributed by atoms with Crippen molar-refractivity contribution in [2.24, 2.45) is 0 Å². The number of carbonyl (C=O) groups excluding carboxylic acids is 1. The molecule has 1 atom stereocenters. The number of pyridine rings is 1.